The molecule has 0 radical (unpaired) electrons. The van der Waals surface area contributed by atoms with Gasteiger partial charge in [0.15, 0.2) is 5.96 Å². The average Bonchev–Trinajstić information content (AvgIpc) is 2.51. The van der Waals surface area contributed by atoms with Crippen LogP contribution in [-0.4, -0.2) is 63.3 Å². The molecule has 0 aliphatic carbocycles. The predicted molar refractivity (Wildman–Crippen MR) is 94.5 cm³/mol. The van der Waals surface area contributed by atoms with Crippen molar-refractivity contribution in [1.29, 1.82) is 0 Å². The zero-order chi connectivity index (χ0) is 16.0. The number of likely N-dealkylation sites (tertiary alicyclic amines) is 1. The number of guanidine groups is 1. The van der Waals surface area contributed by atoms with Gasteiger partial charge in [-0.25, -0.2) is 0 Å². The number of nitrogens with one attached hydrogen (secondary N) is 2. The van der Waals surface area contributed by atoms with Crippen LogP contribution >= 0.6 is 0 Å². The molecule has 22 heavy (non-hydrogen) atoms. The van der Waals surface area contributed by atoms with E-state index in [0.29, 0.717) is 0 Å². The van der Waals surface area contributed by atoms with E-state index in [2.05, 4.69) is 34.4 Å². The van der Waals surface area contributed by atoms with Gasteiger partial charge in [-0.2, -0.15) is 0 Å². The van der Waals surface area contributed by atoms with Crippen LogP contribution in [0.15, 0.2) is 4.99 Å². The topological polar surface area (TPSA) is 48.9 Å². The van der Waals surface area contributed by atoms with Crippen molar-refractivity contribution in [3.8, 4) is 0 Å². The summed E-state index contributed by atoms with van der Waals surface area (Å²) in [4.78, 5) is 7.18. The third kappa shape index (κ3) is 9.26. The second-order valence-corrected chi connectivity index (χ2v) is 6.14. The zero-order valence-electron chi connectivity index (χ0n) is 14.9. The van der Waals surface area contributed by atoms with Crippen LogP contribution in [0, 0.1) is 5.92 Å². The second-order valence-electron chi connectivity index (χ2n) is 6.14. The molecule has 130 valence electrons. The first-order valence-electron chi connectivity index (χ1n) is 9.08. The molecule has 0 saturated carbocycles. The molecule has 0 amide bonds. The molecule has 2 N–H and O–H groups in total. The Labute approximate surface area is 136 Å². The third-order valence-electron chi connectivity index (χ3n) is 3.95. The van der Waals surface area contributed by atoms with Crippen molar-refractivity contribution in [1.82, 2.24) is 15.5 Å². The van der Waals surface area contributed by atoms with E-state index in [1.165, 1.54) is 38.9 Å². The Morgan fingerprint density at radius 2 is 2.14 bits per heavy atom. The lowest BCUT2D eigenvalue weighted by Gasteiger charge is -2.30. The molecular formula is C17H36N4O. The zero-order valence-corrected chi connectivity index (χ0v) is 14.9. The molecule has 0 aromatic heterocycles. The Bertz CT molecular complexity index is 296. The summed E-state index contributed by atoms with van der Waals surface area (Å²) in [6.45, 7) is 14.5. The number of piperidine rings is 1. The van der Waals surface area contributed by atoms with Crippen LogP contribution < -0.4 is 10.6 Å². The monoisotopic (exact) mass is 312 g/mol. The first-order valence-corrected chi connectivity index (χ1v) is 9.08. The summed E-state index contributed by atoms with van der Waals surface area (Å²) in [5.74, 6) is 1.80. The van der Waals surface area contributed by atoms with Crippen molar-refractivity contribution in [2.24, 2.45) is 10.9 Å². The predicted octanol–water partition coefficient (Wildman–Crippen LogP) is 2.09. The van der Waals surface area contributed by atoms with Gasteiger partial charge in [0.05, 0.1) is 0 Å². The van der Waals surface area contributed by atoms with Gasteiger partial charge in [0, 0.05) is 39.4 Å². The molecule has 1 aliphatic rings. The number of hydrogen-bond acceptors (Lipinski definition) is 3. The van der Waals surface area contributed by atoms with Gasteiger partial charge in [-0.1, -0.05) is 6.92 Å². The van der Waals surface area contributed by atoms with Gasteiger partial charge < -0.3 is 20.3 Å². The Morgan fingerprint density at radius 1 is 1.27 bits per heavy atom. The number of nitrogens with zero attached hydrogens (tertiary/aromatic N) is 2. The van der Waals surface area contributed by atoms with E-state index in [-0.39, 0.29) is 0 Å². The van der Waals surface area contributed by atoms with Crippen LogP contribution in [0.25, 0.3) is 0 Å². The first kappa shape index (κ1) is 19.2. The summed E-state index contributed by atoms with van der Waals surface area (Å²) in [5.41, 5.74) is 0. The highest BCUT2D eigenvalue weighted by atomic mass is 16.5. The highest BCUT2D eigenvalue weighted by molar-refractivity contribution is 5.79. The first-order chi connectivity index (χ1) is 10.8. The van der Waals surface area contributed by atoms with E-state index in [0.717, 1.165) is 51.1 Å². The van der Waals surface area contributed by atoms with Gasteiger partial charge in [0.25, 0.3) is 0 Å². The third-order valence-corrected chi connectivity index (χ3v) is 3.95. The molecular weight excluding hydrogens is 276 g/mol. The van der Waals surface area contributed by atoms with Crippen LogP contribution in [0.5, 0.6) is 0 Å². The van der Waals surface area contributed by atoms with Crippen LogP contribution in [0.1, 0.15) is 46.5 Å². The number of rotatable bonds is 10. The number of aliphatic imine (C=N–C) groups is 1. The highest BCUT2D eigenvalue weighted by Crippen LogP contribution is 2.15. The molecule has 1 unspecified atom stereocenters. The highest BCUT2D eigenvalue weighted by Gasteiger charge is 2.15. The fraction of sp³-hybridized carbons (Fsp3) is 0.941. The largest absolute Gasteiger partial charge is 0.382 e. The SMILES string of the molecule is CCNC(=NCCCOCC)NCCCN1CCCC(C)C1. The molecule has 0 spiro atoms. The van der Waals surface area contributed by atoms with E-state index in [1.807, 2.05) is 6.92 Å². The van der Waals surface area contributed by atoms with Crippen molar-refractivity contribution in [2.75, 3.05) is 52.5 Å². The smallest absolute Gasteiger partial charge is 0.191 e. The lowest BCUT2D eigenvalue weighted by Crippen LogP contribution is -2.40. The summed E-state index contributed by atoms with van der Waals surface area (Å²) in [6, 6.07) is 0. The minimum absolute atomic E-state index is 0.789. The number of ether oxygens (including phenoxy) is 1. The van der Waals surface area contributed by atoms with Crippen LogP contribution in [0.2, 0.25) is 0 Å². The van der Waals surface area contributed by atoms with Crippen molar-refractivity contribution in [2.45, 2.75) is 46.5 Å². The van der Waals surface area contributed by atoms with Gasteiger partial charge in [0.1, 0.15) is 0 Å². The molecule has 1 aliphatic heterocycles. The summed E-state index contributed by atoms with van der Waals surface area (Å²) in [7, 11) is 0. The molecule has 1 rings (SSSR count). The van der Waals surface area contributed by atoms with E-state index < -0.39 is 0 Å². The summed E-state index contributed by atoms with van der Waals surface area (Å²) >= 11 is 0. The van der Waals surface area contributed by atoms with Crippen molar-refractivity contribution in [3.05, 3.63) is 0 Å². The molecule has 0 aromatic carbocycles. The van der Waals surface area contributed by atoms with Gasteiger partial charge in [-0.05, 0) is 58.5 Å². The standard InChI is InChI=1S/C17H36N4O/c1-4-18-17(20-11-8-14-22-5-2)19-10-7-13-21-12-6-9-16(3)15-21/h16H,4-15H2,1-3H3,(H2,18,19,20). The summed E-state index contributed by atoms with van der Waals surface area (Å²) in [5, 5.41) is 6.74. The van der Waals surface area contributed by atoms with Gasteiger partial charge in [0.2, 0.25) is 0 Å². The van der Waals surface area contributed by atoms with Gasteiger partial charge in [-0.15, -0.1) is 0 Å². The van der Waals surface area contributed by atoms with E-state index in [1.54, 1.807) is 0 Å². The van der Waals surface area contributed by atoms with Crippen LogP contribution in [-0.2, 0) is 4.74 Å². The second kappa shape index (κ2) is 12.7. The molecule has 1 atom stereocenters. The quantitative estimate of drug-likeness (QED) is 0.368. The number of hydrogen-bond donors (Lipinski definition) is 2. The van der Waals surface area contributed by atoms with Crippen molar-refractivity contribution in [3.63, 3.8) is 0 Å². The molecule has 0 bridgehead atoms. The maximum atomic E-state index is 5.33. The van der Waals surface area contributed by atoms with Crippen LogP contribution in [0.3, 0.4) is 0 Å². The maximum absolute atomic E-state index is 5.33. The lowest BCUT2D eigenvalue weighted by molar-refractivity contribution is 0.146. The van der Waals surface area contributed by atoms with E-state index in [4.69, 9.17) is 4.74 Å². The summed E-state index contributed by atoms with van der Waals surface area (Å²) in [6.07, 6.45) is 4.92. The fourth-order valence-electron chi connectivity index (χ4n) is 2.84. The maximum Gasteiger partial charge on any atom is 0.191 e. The minimum atomic E-state index is 0.789. The van der Waals surface area contributed by atoms with Gasteiger partial charge >= 0.3 is 0 Å². The molecule has 1 fully saturated rings. The van der Waals surface area contributed by atoms with E-state index >= 15 is 0 Å². The molecule has 1 saturated heterocycles. The summed E-state index contributed by atoms with van der Waals surface area (Å²) < 4.78 is 5.33. The van der Waals surface area contributed by atoms with Crippen molar-refractivity contribution >= 4 is 5.96 Å². The molecule has 5 nitrogen and oxygen atoms in total. The van der Waals surface area contributed by atoms with E-state index in [9.17, 15) is 0 Å². The van der Waals surface area contributed by atoms with Gasteiger partial charge in [-0.3, -0.25) is 4.99 Å². The molecule has 0 aromatic rings. The Kier molecular flexibility index (Phi) is 11.1. The van der Waals surface area contributed by atoms with Crippen LogP contribution in [0.4, 0.5) is 0 Å². The Balaban J connectivity index is 2.13. The Morgan fingerprint density at radius 3 is 2.86 bits per heavy atom. The lowest BCUT2D eigenvalue weighted by atomic mass is 10.0. The normalized spacial score (nSPS) is 20.1. The Hall–Kier alpha value is -0.810. The fourth-order valence-corrected chi connectivity index (χ4v) is 2.84. The average molecular weight is 313 g/mol. The minimum Gasteiger partial charge on any atom is -0.382 e. The molecule has 5 heteroatoms. The molecule has 1 heterocycles. The van der Waals surface area contributed by atoms with Crippen molar-refractivity contribution < 1.29 is 4.74 Å².